The fourth-order valence-corrected chi connectivity index (χ4v) is 1.44. The zero-order valence-corrected chi connectivity index (χ0v) is 11.0. The molecule has 3 heteroatoms. The van der Waals surface area contributed by atoms with Gasteiger partial charge in [-0.15, -0.1) is 0 Å². The number of benzene rings is 1. The summed E-state index contributed by atoms with van der Waals surface area (Å²) in [7, 11) is 0. The van der Waals surface area contributed by atoms with Crippen molar-refractivity contribution < 1.29 is 14.6 Å². The lowest BCUT2D eigenvalue weighted by atomic mass is 10.1. The fourth-order valence-electron chi connectivity index (χ4n) is 1.44. The Balaban J connectivity index is 2.54. The maximum atomic E-state index is 8.66. The molecule has 0 aliphatic rings. The van der Waals surface area contributed by atoms with Crippen LogP contribution in [0.5, 0.6) is 5.75 Å². The second kappa shape index (κ2) is 8.57. The third-order valence-electron chi connectivity index (χ3n) is 2.36. The molecule has 0 unspecified atom stereocenters. The van der Waals surface area contributed by atoms with Gasteiger partial charge in [0, 0.05) is 18.6 Å². The molecule has 0 radical (unpaired) electrons. The summed E-state index contributed by atoms with van der Waals surface area (Å²) >= 11 is 0. The van der Waals surface area contributed by atoms with Gasteiger partial charge in [0.25, 0.3) is 0 Å². The van der Waals surface area contributed by atoms with Gasteiger partial charge < -0.3 is 14.6 Å². The van der Waals surface area contributed by atoms with Crippen molar-refractivity contribution in [3.05, 3.63) is 29.3 Å². The van der Waals surface area contributed by atoms with Crippen LogP contribution >= 0.6 is 0 Å². The van der Waals surface area contributed by atoms with E-state index < -0.39 is 0 Å². The first-order chi connectivity index (χ1) is 8.77. The van der Waals surface area contributed by atoms with Crippen molar-refractivity contribution in [2.45, 2.75) is 20.3 Å². The van der Waals surface area contributed by atoms with Crippen molar-refractivity contribution in [3.63, 3.8) is 0 Å². The predicted octanol–water partition coefficient (Wildman–Crippen LogP) is 2.14. The fraction of sp³-hybridized carbons (Fsp3) is 0.467. The number of hydrogen-bond donors (Lipinski definition) is 1. The highest BCUT2D eigenvalue weighted by molar-refractivity contribution is 5.44. The van der Waals surface area contributed by atoms with Crippen LogP contribution in [0.2, 0.25) is 0 Å². The quantitative estimate of drug-likeness (QED) is 0.619. The van der Waals surface area contributed by atoms with Crippen LogP contribution in [-0.2, 0) is 4.74 Å². The van der Waals surface area contributed by atoms with Crippen LogP contribution in [0.4, 0.5) is 0 Å². The molecule has 1 rings (SSSR count). The summed E-state index contributed by atoms with van der Waals surface area (Å²) in [6.45, 7) is 5.94. The minimum absolute atomic E-state index is 0.102. The van der Waals surface area contributed by atoms with Gasteiger partial charge in [0.1, 0.15) is 12.4 Å². The zero-order chi connectivity index (χ0) is 13.2. The molecule has 0 spiro atoms. The third kappa shape index (κ3) is 5.22. The zero-order valence-electron chi connectivity index (χ0n) is 11.0. The average Bonchev–Trinajstić information content (AvgIpc) is 2.37. The van der Waals surface area contributed by atoms with Crippen LogP contribution in [0.3, 0.4) is 0 Å². The molecule has 1 aromatic carbocycles. The second-order valence-corrected chi connectivity index (χ2v) is 3.80. The van der Waals surface area contributed by atoms with E-state index >= 15 is 0 Å². The molecule has 0 amide bonds. The lowest BCUT2D eigenvalue weighted by molar-refractivity contribution is 0.110. The monoisotopic (exact) mass is 248 g/mol. The minimum Gasteiger partial charge on any atom is -0.491 e. The lowest BCUT2D eigenvalue weighted by Gasteiger charge is -2.07. The van der Waals surface area contributed by atoms with Crippen molar-refractivity contribution in [1.82, 2.24) is 0 Å². The van der Waals surface area contributed by atoms with Crippen molar-refractivity contribution in [1.29, 1.82) is 0 Å². The minimum atomic E-state index is 0.102. The van der Waals surface area contributed by atoms with E-state index in [1.165, 1.54) is 0 Å². The van der Waals surface area contributed by atoms with Gasteiger partial charge in [-0.3, -0.25) is 0 Å². The maximum Gasteiger partial charge on any atom is 0.119 e. The van der Waals surface area contributed by atoms with Crippen LogP contribution in [0.25, 0.3) is 0 Å². The van der Waals surface area contributed by atoms with Gasteiger partial charge in [0.2, 0.25) is 0 Å². The van der Waals surface area contributed by atoms with Crippen LogP contribution < -0.4 is 4.74 Å². The normalized spacial score (nSPS) is 9.72. The molecule has 3 nitrogen and oxygen atoms in total. The highest BCUT2D eigenvalue weighted by Gasteiger charge is 1.98. The smallest absolute Gasteiger partial charge is 0.119 e. The van der Waals surface area contributed by atoms with Crippen molar-refractivity contribution in [2.75, 3.05) is 26.4 Å². The van der Waals surface area contributed by atoms with E-state index in [1.807, 2.05) is 32.0 Å². The maximum absolute atomic E-state index is 8.66. The van der Waals surface area contributed by atoms with E-state index in [1.54, 1.807) is 0 Å². The summed E-state index contributed by atoms with van der Waals surface area (Å²) in [5.41, 5.74) is 2.05. The lowest BCUT2D eigenvalue weighted by Crippen LogP contribution is -2.06. The van der Waals surface area contributed by atoms with Crippen molar-refractivity contribution in [3.8, 4) is 17.6 Å². The van der Waals surface area contributed by atoms with E-state index in [-0.39, 0.29) is 6.61 Å². The summed E-state index contributed by atoms with van der Waals surface area (Å²) in [6, 6.07) is 5.81. The summed E-state index contributed by atoms with van der Waals surface area (Å²) in [5, 5.41) is 8.66. The Morgan fingerprint density at radius 2 is 2.11 bits per heavy atom. The standard InChI is InChI=1S/C15H20O3/c1-3-17-10-11-18-15-8-7-14(13(2)12-15)6-4-5-9-16/h7-8,12,16H,3,5,9-11H2,1-2H3. The SMILES string of the molecule is CCOCCOc1ccc(C#CCCO)c(C)c1. The first-order valence-electron chi connectivity index (χ1n) is 6.19. The molecule has 0 fully saturated rings. The Morgan fingerprint density at radius 1 is 1.28 bits per heavy atom. The number of ether oxygens (including phenoxy) is 2. The van der Waals surface area contributed by atoms with Crippen LogP contribution in [-0.4, -0.2) is 31.5 Å². The topological polar surface area (TPSA) is 38.7 Å². The number of hydrogen-bond acceptors (Lipinski definition) is 3. The van der Waals surface area contributed by atoms with Gasteiger partial charge in [-0.05, 0) is 37.6 Å². The summed E-state index contributed by atoms with van der Waals surface area (Å²) in [4.78, 5) is 0. The average molecular weight is 248 g/mol. The van der Waals surface area contributed by atoms with Gasteiger partial charge in [-0.2, -0.15) is 0 Å². The molecule has 0 atom stereocenters. The van der Waals surface area contributed by atoms with Crippen LogP contribution in [0.15, 0.2) is 18.2 Å². The van der Waals surface area contributed by atoms with Crippen LogP contribution in [0, 0.1) is 18.8 Å². The van der Waals surface area contributed by atoms with Gasteiger partial charge >= 0.3 is 0 Å². The van der Waals surface area contributed by atoms with Gasteiger partial charge in [0.05, 0.1) is 13.2 Å². The van der Waals surface area contributed by atoms with Crippen LogP contribution in [0.1, 0.15) is 24.5 Å². The van der Waals surface area contributed by atoms with E-state index in [0.717, 1.165) is 16.9 Å². The molecule has 1 N–H and O–H groups in total. The van der Waals surface area contributed by atoms with E-state index in [0.29, 0.717) is 26.2 Å². The molecule has 0 aliphatic heterocycles. The summed E-state index contributed by atoms with van der Waals surface area (Å²) in [6.07, 6.45) is 0.506. The van der Waals surface area contributed by atoms with Crippen molar-refractivity contribution >= 4 is 0 Å². The number of rotatable bonds is 6. The molecule has 0 aromatic heterocycles. The number of aliphatic hydroxyl groups excluding tert-OH is 1. The summed E-state index contributed by atoms with van der Waals surface area (Å²) < 4.78 is 10.8. The Labute approximate surface area is 109 Å². The number of aliphatic hydroxyl groups is 1. The Kier molecular flexibility index (Phi) is 6.93. The predicted molar refractivity (Wildman–Crippen MR) is 71.7 cm³/mol. The molecule has 0 saturated carbocycles. The Morgan fingerprint density at radius 3 is 2.78 bits per heavy atom. The highest BCUT2D eigenvalue weighted by Crippen LogP contribution is 2.16. The third-order valence-corrected chi connectivity index (χ3v) is 2.36. The molecule has 1 aromatic rings. The molecular weight excluding hydrogens is 228 g/mol. The highest BCUT2D eigenvalue weighted by atomic mass is 16.5. The molecule has 0 bridgehead atoms. The number of aryl methyl sites for hydroxylation is 1. The van der Waals surface area contributed by atoms with Gasteiger partial charge in [-0.25, -0.2) is 0 Å². The largest absolute Gasteiger partial charge is 0.491 e. The second-order valence-electron chi connectivity index (χ2n) is 3.80. The van der Waals surface area contributed by atoms with Gasteiger partial charge in [0.15, 0.2) is 0 Å². The molecular formula is C15H20O3. The first-order valence-corrected chi connectivity index (χ1v) is 6.19. The Bertz CT molecular complexity index is 415. The van der Waals surface area contributed by atoms with Gasteiger partial charge in [-0.1, -0.05) is 11.8 Å². The molecule has 98 valence electrons. The molecule has 0 aliphatic carbocycles. The molecule has 0 saturated heterocycles. The molecule has 18 heavy (non-hydrogen) atoms. The van der Waals surface area contributed by atoms with Crippen molar-refractivity contribution in [2.24, 2.45) is 0 Å². The molecule has 0 heterocycles. The van der Waals surface area contributed by atoms with E-state index in [2.05, 4.69) is 11.8 Å². The Hall–Kier alpha value is -1.50. The summed E-state index contributed by atoms with van der Waals surface area (Å²) in [5.74, 6) is 6.77. The van der Waals surface area contributed by atoms with E-state index in [4.69, 9.17) is 14.6 Å². The first kappa shape index (κ1) is 14.6. The van der Waals surface area contributed by atoms with E-state index in [9.17, 15) is 0 Å².